The predicted octanol–water partition coefficient (Wildman–Crippen LogP) is 2.66. The zero-order chi connectivity index (χ0) is 28.3. The monoisotopic (exact) mass is 577 g/mol. The summed E-state index contributed by atoms with van der Waals surface area (Å²) in [7, 11) is -2.54. The van der Waals surface area contributed by atoms with Crippen molar-refractivity contribution in [1.29, 1.82) is 0 Å². The van der Waals surface area contributed by atoms with Crippen LogP contribution < -0.4 is 5.32 Å². The number of nitrogens with one attached hydrogen (secondary N) is 1. The van der Waals surface area contributed by atoms with Gasteiger partial charge in [0.05, 0.1) is 36.6 Å². The van der Waals surface area contributed by atoms with E-state index in [0.717, 1.165) is 10.4 Å². The summed E-state index contributed by atoms with van der Waals surface area (Å²) in [5.41, 5.74) is 1.25. The molecule has 0 aliphatic carbocycles. The molecule has 2 aliphatic heterocycles. The van der Waals surface area contributed by atoms with Crippen LogP contribution >= 0.6 is 11.3 Å². The van der Waals surface area contributed by atoms with Crippen molar-refractivity contribution < 1.29 is 37.1 Å². The van der Waals surface area contributed by atoms with Crippen LogP contribution in [0.15, 0.2) is 29.2 Å². The summed E-state index contributed by atoms with van der Waals surface area (Å²) in [6.07, 6.45) is 1.24. The molecule has 1 fully saturated rings. The van der Waals surface area contributed by atoms with Gasteiger partial charge in [0.15, 0.2) is 0 Å². The Morgan fingerprint density at radius 3 is 2.33 bits per heavy atom. The summed E-state index contributed by atoms with van der Waals surface area (Å²) in [6.45, 7) is 4.72. The van der Waals surface area contributed by atoms with Gasteiger partial charge in [0.2, 0.25) is 15.9 Å². The van der Waals surface area contributed by atoms with Crippen molar-refractivity contribution in [1.82, 2.24) is 9.21 Å². The lowest BCUT2D eigenvalue weighted by Crippen LogP contribution is -2.40. The lowest BCUT2D eigenvalue weighted by molar-refractivity contribution is -0.149. The summed E-state index contributed by atoms with van der Waals surface area (Å²) >= 11 is 1.22. The van der Waals surface area contributed by atoms with E-state index >= 15 is 0 Å². The second-order valence-electron chi connectivity index (χ2n) is 9.30. The van der Waals surface area contributed by atoms with Crippen molar-refractivity contribution in [3.8, 4) is 0 Å². The van der Waals surface area contributed by atoms with E-state index in [-0.39, 0.29) is 53.5 Å². The molecule has 39 heavy (non-hydrogen) atoms. The summed E-state index contributed by atoms with van der Waals surface area (Å²) in [5.74, 6) is -1.78. The molecule has 2 aliphatic rings. The molecule has 0 spiro atoms. The first-order chi connectivity index (χ1) is 18.6. The molecular weight excluding hydrogens is 546 g/mol. The van der Waals surface area contributed by atoms with Gasteiger partial charge >= 0.3 is 11.9 Å². The number of piperidine rings is 1. The third-order valence-corrected chi connectivity index (χ3v) is 9.99. The van der Waals surface area contributed by atoms with Crippen LogP contribution in [0, 0.1) is 5.92 Å². The van der Waals surface area contributed by atoms with Crippen molar-refractivity contribution >= 4 is 50.1 Å². The molecule has 13 heteroatoms. The predicted molar refractivity (Wildman–Crippen MR) is 143 cm³/mol. The molecule has 0 saturated carbocycles. The highest BCUT2D eigenvalue weighted by atomic mass is 32.2. The van der Waals surface area contributed by atoms with Gasteiger partial charge in [-0.15, -0.1) is 11.3 Å². The van der Waals surface area contributed by atoms with Crippen LogP contribution in [0.1, 0.15) is 57.8 Å². The minimum Gasteiger partial charge on any atom is -0.466 e. The van der Waals surface area contributed by atoms with Gasteiger partial charge in [-0.05, 0) is 56.0 Å². The van der Waals surface area contributed by atoms with Gasteiger partial charge in [0.1, 0.15) is 5.00 Å². The number of benzene rings is 1. The number of amides is 2. The van der Waals surface area contributed by atoms with Gasteiger partial charge in [-0.2, -0.15) is 4.31 Å². The molecule has 0 radical (unpaired) electrons. The number of ether oxygens (including phenoxy) is 2. The lowest BCUT2D eigenvalue weighted by Gasteiger charge is -2.30. The first-order valence-electron chi connectivity index (χ1n) is 12.6. The molecule has 1 aromatic heterocycles. The minimum atomic E-state index is -3.80. The fourth-order valence-corrected chi connectivity index (χ4v) is 7.49. The Bertz CT molecular complexity index is 1380. The molecule has 0 unspecified atom stereocenters. The number of carbonyl (C=O) groups is 4. The summed E-state index contributed by atoms with van der Waals surface area (Å²) in [6, 6.07) is 5.56. The molecule has 11 nitrogen and oxygen atoms in total. The molecule has 1 aromatic carbocycles. The Kier molecular flexibility index (Phi) is 8.72. The summed E-state index contributed by atoms with van der Waals surface area (Å²) in [5, 5.41) is 3.08. The summed E-state index contributed by atoms with van der Waals surface area (Å²) < 4.78 is 37.6. The number of thiophene rings is 1. The van der Waals surface area contributed by atoms with E-state index in [0.29, 0.717) is 37.4 Å². The topological polar surface area (TPSA) is 139 Å². The second kappa shape index (κ2) is 11.8. The zero-order valence-corrected chi connectivity index (χ0v) is 23.7. The fourth-order valence-electron chi connectivity index (χ4n) is 4.77. The smallest absolute Gasteiger partial charge is 0.341 e. The van der Waals surface area contributed by atoms with Crippen molar-refractivity contribution in [3.05, 3.63) is 45.8 Å². The van der Waals surface area contributed by atoms with E-state index in [1.807, 2.05) is 0 Å². The number of hydrogen-bond acceptors (Lipinski definition) is 9. The summed E-state index contributed by atoms with van der Waals surface area (Å²) in [4.78, 5) is 51.9. The highest BCUT2D eigenvalue weighted by molar-refractivity contribution is 7.89. The van der Waals surface area contributed by atoms with Gasteiger partial charge in [-0.3, -0.25) is 14.4 Å². The van der Waals surface area contributed by atoms with Crippen LogP contribution in [-0.4, -0.2) is 74.7 Å². The van der Waals surface area contributed by atoms with Crippen molar-refractivity contribution in [3.63, 3.8) is 0 Å². The Labute approximate surface area is 231 Å². The maximum atomic E-state index is 13.1. The fraction of sp³-hybridized carbons (Fsp3) is 0.462. The SMILES string of the molecule is CCOC(=O)C1CCN(S(=O)(=O)c2ccc(C(=O)Nc3sc4c(c3C(=O)OC)CCN(C(C)=O)C4)cc2)CC1. The third kappa shape index (κ3) is 5.99. The highest BCUT2D eigenvalue weighted by Crippen LogP contribution is 2.38. The van der Waals surface area contributed by atoms with E-state index in [1.165, 1.54) is 53.9 Å². The number of carbonyl (C=O) groups excluding carboxylic acids is 4. The molecule has 4 rings (SSSR count). The number of fused-ring (bicyclic) bond motifs is 1. The van der Waals surface area contributed by atoms with Crippen LogP contribution in [0.5, 0.6) is 0 Å². The number of hydrogen-bond donors (Lipinski definition) is 1. The van der Waals surface area contributed by atoms with Crippen molar-refractivity contribution in [2.45, 2.75) is 44.6 Å². The molecule has 2 amide bonds. The average molecular weight is 578 g/mol. The van der Waals surface area contributed by atoms with Gasteiger partial charge in [-0.25, -0.2) is 13.2 Å². The molecule has 210 valence electrons. The first-order valence-corrected chi connectivity index (χ1v) is 14.9. The zero-order valence-electron chi connectivity index (χ0n) is 22.0. The number of nitrogens with zero attached hydrogens (tertiary/aromatic N) is 2. The molecule has 2 aromatic rings. The molecule has 1 N–H and O–H groups in total. The van der Waals surface area contributed by atoms with Gasteiger partial charge in [0.25, 0.3) is 5.91 Å². The molecule has 1 saturated heterocycles. The second-order valence-corrected chi connectivity index (χ2v) is 12.3. The third-order valence-electron chi connectivity index (χ3n) is 6.95. The number of rotatable bonds is 7. The number of methoxy groups -OCH3 is 1. The maximum Gasteiger partial charge on any atom is 0.341 e. The van der Waals surface area contributed by atoms with Crippen LogP contribution in [0.25, 0.3) is 0 Å². The Hall–Kier alpha value is -3.29. The van der Waals surface area contributed by atoms with Gasteiger partial charge in [-0.1, -0.05) is 0 Å². The number of anilines is 1. The first kappa shape index (κ1) is 28.7. The quantitative estimate of drug-likeness (QED) is 0.496. The van der Waals surface area contributed by atoms with E-state index < -0.39 is 21.9 Å². The number of sulfonamides is 1. The van der Waals surface area contributed by atoms with Gasteiger partial charge in [0, 0.05) is 37.0 Å². The van der Waals surface area contributed by atoms with Crippen LogP contribution in [0.3, 0.4) is 0 Å². The van der Waals surface area contributed by atoms with Crippen molar-refractivity contribution in [2.24, 2.45) is 5.92 Å². The van der Waals surface area contributed by atoms with E-state index in [9.17, 15) is 27.6 Å². The normalized spacial score (nSPS) is 16.3. The number of esters is 2. The standard InChI is InChI=1S/C26H31N3O8S2/c1-4-37-25(32)18-9-13-29(14-10-18)39(34,35)19-7-5-17(6-8-19)23(31)27-24-22(26(33)36-3)20-11-12-28(16(2)30)15-21(20)38-24/h5-8,18H,4,9-15H2,1-3H3,(H,27,31). The molecule has 0 bridgehead atoms. The lowest BCUT2D eigenvalue weighted by atomic mass is 9.98. The van der Waals surface area contributed by atoms with Crippen LogP contribution in [0.2, 0.25) is 0 Å². The Balaban J connectivity index is 1.47. The Morgan fingerprint density at radius 1 is 1.08 bits per heavy atom. The van der Waals surface area contributed by atoms with E-state index in [4.69, 9.17) is 9.47 Å². The average Bonchev–Trinajstić information content (AvgIpc) is 3.29. The van der Waals surface area contributed by atoms with Gasteiger partial charge < -0.3 is 19.7 Å². The maximum absolute atomic E-state index is 13.1. The van der Waals surface area contributed by atoms with Crippen LogP contribution in [0.4, 0.5) is 5.00 Å². The highest BCUT2D eigenvalue weighted by Gasteiger charge is 2.33. The molecule has 3 heterocycles. The molecule has 0 atom stereocenters. The van der Waals surface area contributed by atoms with E-state index in [2.05, 4.69) is 5.32 Å². The minimum absolute atomic E-state index is 0.0415. The van der Waals surface area contributed by atoms with Crippen LogP contribution in [-0.2, 0) is 42.1 Å². The largest absolute Gasteiger partial charge is 0.466 e. The molecular formula is C26H31N3O8S2. The van der Waals surface area contributed by atoms with E-state index in [1.54, 1.807) is 11.8 Å². The Morgan fingerprint density at radius 2 is 1.74 bits per heavy atom. The van der Waals surface area contributed by atoms with Crippen molar-refractivity contribution in [2.75, 3.05) is 38.7 Å².